The lowest BCUT2D eigenvalue weighted by Crippen LogP contribution is -2.09. The van der Waals surface area contributed by atoms with Crippen LogP contribution in [0.25, 0.3) is 5.82 Å². The molecule has 0 saturated carbocycles. The molecule has 0 saturated heterocycles. The van der Waals surface area contributed by atoms with Gasteiger partial charge in [0, 0.05) is 24.7 Å². The van der Waals surface area contributed by atoms with Crippen molar-refractivity contribution in [3.05, 3.63) is 29.8 Å². The number of nitrogens with zero attached hydrogens (tertiary/aromatic N) is 4. The highest BCUT2D eigenvalue weighted by Crippen LogP contribution is 2.29. The molecule has 0 unspecified atom stereocenters. The monoisotopic (exact) mass is 299 g/mol. The predicted octanol–water partition coefficient (Wildman–Crippen LogP) is 3.24. The van der Waals surface area contributed by atoms with Crippen molar-refractivity contribution in [3.63, 3.8) is 0 Å². The van der Waals surface area contributed by atoms with Crippen LogP contribution in [0, 0.1) is 0 Å². The Kier molecular flexibility index (Phi) is 4.15. The molecule has 0 radical (unpaired) electrons. The summed E-state index contributed by atoms with van der Waals surface area (Å²) in [5, 5.41) is 6.77. The smallest absolute Gasteiger partial charge is 0.370 e. The third kappa shape index (κ3) is 3.50. The minimum Gasteiger partial charge on any atom is -0.370 e. The van der Waals surface area contributed by atoms with Gasteiger partial charge in [0.15, 0.2) is 5.82 Å². The average Bonchev–Trinajstić information content (AvgIpc) is 2.88. The van der Waals surface area contributed by atoms with E-state index in [2.05, 4.69) is 20.4 Å². The summed E-state index contributed by atoms with van der Waals surface area (Å²) in [4.78, 5) is 8.58. The van der Waals surface area contributed by atoms with E-state index < -0.39 is 11.7 Å². The van der Waals surface area contributed by atoms with Gasteiger partial charge in [-0.25, -0.2) is 14.6 Å². The van der Waals surface area contributed by atoms with Crippen LogP contribution in [0.3, 0.4) is 0 Å². The molecule has 0 aromatic carbocycles. The van der Waals surface area contributed by atoms with E-state index in [9.17, 15) is 13.2 Å². The Hall–Kier alpha value is -2.12. The summed E-state index contributed by atoms with van der Waals surface area (Å²) in [5.41, 5.74) is -0.808. The van der Waals surface area contributed by atoms with Crippen LogP contribution in [0.5, 0.6) is 0 Å². The van der Waals surface area contributed by atoms with Gasteiger partial charge in [0.05, 0.1) is 11.8 Å². The number of anilines is 1. The standard InChI is InChI=1S/C13H16F3N5/c1-4-17-10-5-11(20-12(19-10)8(2)3)21-7-9(6-18-21)13(14,15)16/h5-8H,4H2,1-3H3,(H,17,19,20). The first kappa shape index (κ1) is 15.3. The lowest BCUT2D eigenvalue weighted by atomic mass is 10.2. The number of hydrogen-bond donors (Lipinski definition) is 1. The van der Waals surface area contributed by atoms with Gasteiger partial charge in [-0.2, -0.15) is 18.3 Å². The van der Waals surface area contributed by atoms with Crippen LogP contribution in [-0.2, 0) is 6.18 Å². The molecule has 2 aromatic heterocycles. The zero-order valence-corrected chi connectivity index (χ0v) is 11.9. The van der Waals surface area contributed by atoms with Crippen molar-refractivity contribution in [2.45, 2.75) is 32.9 Å². The topological polar surface area (TPSA) is 55.6 Å². The van der Waals surface area contributed by atoms with Gasteiger partial charge in [0.1, 0.15) is 11.6 Å². The molecule has 0 aliphatic heterocycles. The Bertz CT molecular complexity index is 619. The van der Waals surface area contributed by atoms with E-state index in [1.54, 1.807) is 6.07 Å². The van der Waals surface area contributed by atoms with Gasteiger partial charge in [0.2, 0.25) is 0 Å². The Labute approximate surface area is 120 Å². The van der Waals surface area contributed by atoms with Gasteiger partial charge in [-0.15, -0.1) is 0 Å². The first-order valence-corrected chi connectivity index (χ1v) is 6.56. The molecule has 2 heterocycles. The second-order valence-electron chi connectivity index (χ2n) is 4.83. The number of alkyl halides is 3. The molecular weight excluding hydrogens is 283 g/mol. The summed E-state index contributed by atoms with van der Waals surface area (Å²) in [5.74, 6) is 1.47. The van der Waals surface area contributed by atoms with Crippen LogP contribution >= 0.6 is 0 Å². The zero-order chi connectivity index (χ0) is 15.6. The number of aromatic nitrogens is 4. The fraction of sp³-hybridized carbons (Fsp3) is 0.462. The summed E-state index contributed by atoms with van der Waals surface area (Å²) in [7, 11) is 0. The van der Waals surface area contributed by atoms with Crippen LogP contribution in [0.15, 0.2) is 18.5 Å². The van der Waals surface area contributed by atoms with Crippen LogP contribution in [-0.4, -0.2) is 26.3 Å². The maximum Gasteiger partial charge on any atom is 0.419 e. The fourth-order valence-corrected chi connectivity index (χ4v) is 1.69. The van der Waals surface area contributed by atoms with Crippen molar-refractivity contribution in [1.82, 2.24) is 19.7 Å². The van der Waals surface area contributed by atoms with E-state index in [1.807, 2.05) is 20.8 Å². The number of hydrogen-bond acceptors (Lipinski definition) is 4. The Morgan fingerprint density at radius 2 is 2.00 bits per heavy atom. The molecular formula is C13H16F3N5. The van der Waals surface area contributed by atoms with E-state index in [4.69, 9.17) is 0 Å². The molecule has 114 valence electrons. The summed E-state index contributed by atoms with van der Waals surface area (Å²) in [6, 6.07) is 1.57. The maximum absolute atomic E-state index is 12.6. The molecule has 2 rings (SSSR count). The van der Waals surface area contributed by atoms with E-state index in [-0.39, 0.29) is 5.92 Å². The molecule has 21 heavy (non-hydrogen) atoms. The van der Waals surface area contributed by atoms with Crippen LogP contribution < -0.4 is 5.32 Å². The van der Waals surface area contributed by atoms with Crippen LogP contribution in [0.1, 0.15) is 38.1 Å². The highest BCUT2D eigenvalue weighted by Gasteiger charge is 2.32. The van der Waals surface area contributed by atoms with Crippen molar-refractivity contribution < 1.29 is 13.2 Å². The molecule has 0 bridgehead atoms. The van der Waals surface area contributed by atoms with Gasteiger partial charge in [-0.05, 0) is 6.92 Å². The van der Waals surface area contributed by atoms with Crippen molar-refractivity contribution in [2.24, 2.45) is 0 Å². The predicted molar refractivity (Wildman–Crippen MR) is 72.4 cm³/mol. The molecule has 0 amide bonds. The average molecular weight is 299 g/mol. The van der Waals surface area contributed by atoms with E-state index in [0.29, 0.717) is 24.0 Å². The second kappa shape index (κ2) is 5.71. The third-order valence-corrected chi connectivity index (χ3v) is 2.75. The molecule has 0 fully saturated rings. The number of rotatable bonds is 4. The maximum atomic E-state index is 12.6. The highest BCUT2D eigenvalue weighted by molar-refractivity contribution is 5.42. The molecule has 2 aromatic rings. The molecule has 0 aliphatic rings. The Morgan fingerprint density at radius 1 is 1.29 bits per heavy atom. The molecule has 1 N–H and O–H groups in total. The van der Waals surface area contributed by atoms with E-state index in [0.717, 1.165) is 17.1 Å². The van der Waals surface area contributed by atoms with Gasteiger partial charge in [-0.3, -0.25) is 0 Å². The Morgan fingerprint density at radius 3 is 2.52 bits per heavy atom. The van der Waals surface area contributed by atoms with Crippen LogP contribution in [0.4, 0.5) is 19.0 Å². The quantitative estimate of drug-likeness (QED) is 0.941. The zero-order valence-electron chi connectivity index (χ0n) is 11.9. The first-order chi connectivity index (χ1) is 9.81. The minimum absolute atomic E-state index is 0.0556. The second-order valence-corrected chi connectivity index (χ2v) is 4.83. The number of nitrogens with one attached hydrogen (secondary N) is 1. The summed E-state index contributed by atoms with van der Waals surface area (Å²) < 4.78 is 39.0. The third-order valence-electron chi connectivity index (χ3n) is 2.75. The van der Waals surface area contributed by atoms with Crippen LogP contribution in [0.2, 0.25) is 0 Å². The van der Waals surface area contributed by atoms with E-state index >= 15 is 0 Å². The molecule has 0 atom stereocenters. The first-order valence-electron chi connectivity index (χ1n) is 6.56. The normalized spacial score (nSPS) is 12.0. The lowest BCUT2D eigenvalue weighted by Gasteiger charge is -2.10. The van der Waals surface area contributed by atoms with E-state index in [1.165, 1.54) is 0 Å². The molecule has 0 spiro atoms. The summed E-state index contributed by atoms with van der Waals surface area (Å²) in [6.45, 7) is 6.39. The van der Waals surface area contributed by atoms with Crippen molar-refractivity contribution in [1.29, 1.82) is 0 Å². The van der Waals surface area contributed by atoms with Gasteiger partial charge in [-0.1, -0.05) is 13.8 Å². The van der Waals surface area contributed by atoms with Crippen molar-refractivity contribution >= 4 is 5.82 Å². The van der Waals surface area contributed by atoms with Gasteiger partial charge < -0.3 is 5.32 Å². The van der Waals surface area contributed by atoms with Gasteiger partial charge >= 0.3 is 6.18 Å². The molecule has 0 aliphatic carbocycles. The van der Waals surface area contributed by atoms with Gasteiger partial charge in [0.25, 0.3) is 0 Å². The van der Waals surface area contributed by atoms with Crippen molar-refractivity contribution in [2.75, 3.05) is 11.9 Å². The number of halogens is 3. The lowest BCUT2D eigenvalue weighted by molar-refractivity contribution is -0.137. The largest absolute Gasteiger partial charge is 0.419 e. The Balaban J connectivity index is 2.44. The van der Waals surface area contributed by atoms with Crippen molar-refractivity contribution in [3.8, 4) is 5.82 Å². The minimum atomic E-state index is -4.42. The highest BCUT2D eigenvalue weighted by atomic mass is 19.4. The summed E-state index contributed by atoms with van der Waals surface area (Å²) >= 11 is 0. The SMILES string of the molecule is CCNc1cc(-n2cc(C(F)(F)F)cn2)nc(C(C)C)n1. The fourth-order valence-electron chi connectivity index (χ4n) is 1.69. The molecule has 8 heteroatoms. The molecule has 5 nitrogen and oxygen atoms in total. The summed E-state index contributed by atoms with van der Waals surface area (Å²) in [6.07, 6.45) is -2.72.